The van der Waals surface area contributed by atoms with Crippen molar-refractivity contribution in [3.8, 4) is 0 Å². The summed E-state index contributed by atoms with van der Waals surface area (Å²) in [6, 6.07) is 8.22. The van der Waals surface area contributed by atoms with Crippen molar-refractivity contribution in [2.75, 3.05) is 44.6 Å². The van der Waals surface area contributed by atoms with Crippen LogP contribution in [-0.4, -0.2) is 70.8 Å². The molecule has 0 aliphatic carbocycles. The van der Waals surface area contributed by atoms with E-state index in [4.69, 9.17) is 0 Å². The van der Waals surface area contributed by atoms with Crippen LogP contribution in [0.5, 0.6) is 0 Å². The molecule has 1 amide bonds. The van der Waals surface area contributed by atoms with E-state index in [1.807, 2.05) is 42.4 Å². The Morgan fingerprint density at radius 3 is 2.78 bits per heavy atom. The summed E-state index contributed by atoms with van der Waals surface area (Å²) in [6.07, 6.45) is 4.75. The number of hydrogen-bond donors (Lipinski definition) is 2. The number of nitrogens with one attached hydrogen (secondary N) is 2. The van der Waals surface area contributed by atoms with E-state index in [0.717, 1.165) is 62.6 Å². The average molecular weight is 391 g/mol. The highest BCUT2D eigenvalue weighted by molar-refractivity contribution is 5.95. The van der Waals surface area contributed by atoms with E-state index >= 15 is 0 Å². The van der Waals surface area contributed by atoms with Crippen LogP contribution in [0.2, 0.25) is 0 Å². The highest BCUT2D eigenvalue weighted by Crippen LogP contribution is 2.21. The summed E-state index contributed by atoms with van der Waals surface area (Å²) in [5.41, 5.74) is 2.55. The molecule has 8 heteroatoms. The van der Waals surface area contributed by atoms with Crippen LogP contribution >= 0.6 is 12.4 Å². The Morgan fingerprint density at radius 2 is 2.04 bits per heavy atom. The van der Waals surface area contributed by atoms with Gasteiger partial charge in [0, 0.05) is 69.8 Å². The molecule has 2 N–H and O–H groups in total. The van der Waals surface area contributed by atoms with Gasteiger partial charge >= 0.3 is 0 Å². The normalized spacial score (nSPS) is 20.3. The first-order valence-electron chi connectivity index (χ1n) is 9.29. The quantitative estimate of drug-likeness (QED) is 0.832. The van der Waals surface area contributed by atoms with Crippen LogP contribution in [0.15, 0.2) is 36.7 Å². The molecule has 2 aliphatic rings. The van der Waals surface area contributed by atoms with E-state index < -0.39 is 0 Å². The van der Waals surface area contributed by atoms with Crippen molar-refractivity contribution in [1.82, 2.24) is 24.9 Å². The standard InChI is InChI=1S/C19H26N6O.ClH/c1-23-13-17(12-21-23)22-16-4-2-3-15(11-16)19(26)25-8-5-18(14-25)24-9-6-20-7-10-24;/h2-4,11-13,18,20,22H,5-10,14H2,1H3;1H. The average Bonchev–Trinajstić information content (AvgIpc) is 3.31. The number of piperazine rings is 1. The summed E-state index contributed by atoms with van der Waals surface area (Å²) in [4.78, 5) is 17.4. The Balaban J connectivity index is 0.00000210. The molecule has 2 fully saturated rings. The van der Waals surface area contributed by atoms with Gasteiger partial charge in [0.25, 0.3) is 5.91 Å². The Morgan fingerprint density at radius 1 is 1.22 bits per heavy atom. The molecule has 2 aromatic rings. The second-order valence-electron chi connectivity index (χ2n) is 7.09. The Labute approximate surface area is 166 Å². The third-order valence-electron chi connectivity index (χ3n) is 5.22. The van der Waals surface area contributed by atoms with Gasteiger partial charge in [-0.3, -0.25) is 14.4 Å². The molecule has 3 heterocycles. The molecule has 1 atom stereocenters. The highest BCUT2D eigenvalue weighted by Gasteiger charge is 2.31. The van der Waals surface area contributed by atoms with Gasteiger partial charge in [0.1, 0.15) is 0 Å². The van der Waals surface area contributed by atoms with Gasteiger partial charge in [-0.1, -0.05) is 6.07 Å². The molecule has 0 saturated carbocycles. The maximum atomic E-state index is 12.9. The molecular formula is C19H27ClN6O. The molecule has 1 unspecified atom stereocenters. The molecule has 2 aliphatic heterocycles. The van der Waals surface area contributed by atoms with E-state index in [2.05, 4.69) is 20.6 Å². The van der Waals surface area contributed by atoms with Gasteiger partial charge in [-0.15, -0.1) is 12.4 Å². The highest BCUT2D eigenvalue weighted by atomic mass is 35.5. The molecule has 146 valence electrons. The molecule has 0 radical (unpaired) electrons. The second-order valence-corrected chi connectivity index (χ2v) is 7.09. The van der Waals surface area contributed by atoms with Crippen LogP contribution in [0.4, 0.5) is 11.4 Å². The summed E-state index contributed by atoms with van der Waals surface area (Å²) in [5.74, 6) is 0.123. The molecule has 0 spiro atoms. The lowest BCUT2D eigenvalue weighted by atomic mass is 10.1. The number of rotatable bonds is 4. The smallest absolute Gasteiger partial charge is 0.253 e. The van der Waals surface area contributed by atoms with Gasteiger partial charge < -0.3 is 15.5 Å². The maximum Gasteiger partial charge on any atom is 0.253 e. The lowest BCUT2D eigenvalue weighted by Crippen LogP contribution is -2.49. The number of likely N-dealkylation sites (tertiary alicyclic amines) is 1. The molecular weight excluding hydrogens is 364 g/mol. The summed E-state index contributed by atoms with van der Waals surface area (Å²) >= 11 is 0. The van der Waals surface area contributed by atoms with Crippen molar-refractivity contribution in [1.29, 1.82) is 0 Å². The van der Waals surface area contributed by atoms with Crippen LogP contribution in [-0.2, 0) is 7.05 Å². The number of hydrogen-bond acceptors (Lipinski definition) is 5. The van der Waals surface area contributed by atoms with E-state index in [1.54, 1.807) is 10.9 Å². The minimum absolute atomic E-state index is 0. The van der Waals surface area contributed by atoms with Gasteiger partial charge in [0.05, 0.1) is 11.9 Å². The fourth-order valence-corrected chi connectivity index (χ4v) is 3.84. The van der Waals surface area contributed by atoms with Crippen molar-refractivity contribution < 1.29 is 4.79 Å². The summed E-state index contributed by atoms with van der Waals surface area (Å²) in [7, 11) is 1.88. The first kappa shape index (κ1) is 19.7. The number of amides is 1. The van der Waals surface area contributed by atoms with E-state index in [1.165, 1.54) is 0 Å². The fourth-order valence-electron chi connectivity index (χ4n) is 3.84. The molecule has 4 rings (SSSR count). The zero-order valence-electron chi connectivity index (χ0n) is 15.6. The van der Waals surface area contributed by atoms with Gasteiger partial charge in [-0.05, 0) is 24.6 Å². The zero-order chi connectivity index (χ0) is 17.9. The number of benzene rings is 1. The third-order valence-corrected chi connectivity index (χ3v) is 5.22. The maximum absolute atomic E-state index is 12.9. The Hall–Kier alpha value is -2.09. The summed E-state index contributed by atoms with van der Waals surface area (Å²) < 4.78 is 1.75. The van der Waals surface area contributed by atoms with Crippen LogP contribution in [0, 0.1) is 0 Å². The number of nitrogens with zero attached hydrogens (tertiary/aromatic N) is 4. The van der Waals surface area contributed by atoms with E-state index in [0.29, 0.717) is 6.04 Å². The zero-order valence-corrected chi connectivity index (χ0v) is 16.4. The van der Waals surface area contributed by atoms with Gasteiger partial charge in [-0.25, -0.2) is 0 Å². The van der Waals surface area contributed by atoms with Crippen molar-refractivity contribution in [2.24, 2.45) is 7.05 Å². The number of anilines is 2. The minimum atomic E-state index is 0. The van der Waals surface area contributed by atoms with Gasteiger partial charge in [-0.2, -0.15) is 5.10 Å². The number of aryl methyl sites for hydroxylation is 1. The van der Waals surface area contributed by atoms with Crippen LogP contribution in [0.25, 0.3) is 0 Å². The molecule has 27 heavy (non-hydrogen) atoms. The SMILES string of the molecule is Cl.Cn1cc(Nc2cccc(C(=O)N3CCC(N4CCNCC4)C3)c2)cn1. The lowest BCUT2D eigenvalue weighted by molar-refractivity contribution is 0.0773. The molecule has 2 saturated heterocycles. The molecule has 1 aromatic carbocycles. The van der Waals surface area contributed by atoms with E-state index in [-0.39, 0.29) is 18.3 Å². The van der Waals surface area contributed by atoms with E-state index in [9.17, 15) is 4.79 Å². The third kappa shape index (κ3) is 4.61. The van der Waals surface area contributed by atoms with Crippen molar-refractivity contribution in [3.63, 3.8) is 0 Å². The molecule has 7 nitrogen and oxygen atoms in total. The van der Waals surface area contributed by atoms with Gasteiger partial charge in [0.15, 0.2) is 0 Å². The summed E-state index contributed by atoms with van der Waals surface area (Å²) in [6.45, 7) is 5.93. The number of aromatic nitrogens is 2. The predicted octanol–water partition coefficient (Wildman–Crippen LogP) is 1.71. The van der Waals surface area contributed by atoms with Crippen LogP contribution in [0.3, 0.4) is 0 Å². The monoisotopic (exact) mass is 390 g/mol. The van der Waals surface area contributed by atoms with Crippen LogP contribution in [0.1, 0.15) is 16.8 Å². The first-order chi connectivity index (χ1) is 12.7. The molecule has 0 bridgehead atoms. The Kier molecular flexibility index (Phi) is 6.36. The topological polar surface area (TPSA) is 65.4 Å². The number of carbonyl (C=O) groups is 1. The largest absolute Gasteiger partial charge is 0.353 e. The first-order valence-corrected chi connectivity index (χ1v) is 9.29. The lowest BCUT2D eigenvalue weighted by Gasteiger charge is -2.32. The minimum Gasteiger partial charge on any atom is -0.353 e. The Bertz CT molecular complexity index is 773. The van der Waals surface area contributed by atoms with Crippen molar-refractivity contribution in [3.05, 3.63) is 42.2 Å². The summed E-state index contributed by atoms with van der Waals surface area (Å²) in [5, 5.41) is 10.8. The molecule has 1 aromatic heterocycles. The number of halogens is 1. The van der Waals surface area contributed by atoms with Crippen LogP contribution < -0.4 is 10.6 Å². The van der Waals surface area contributed by atoms with Gasteiger partial charge in [0.2, 0.25) is 0 Å². The fraction of sp³-hybridized carbons (Fsp3) is 0.474. The number of carbonyl (C=O) groups excluding carboxylic acids is 1. The van der Waals surface area contributed by atoms with Crippen molar-refractivity contribution >= 4 is 29.7 Å². The predicted molar refractivity (Wildman–Crippen MR) is 109 cm³/mol. The van der Waals surface area contributed by atoms with Crippen molar-refractivity contribution in [2.45, 2.75) is 12.5 Å². The second kappa shape index (κ2) is 8.73.